The highest BCUT2D eigenvalue weighted by Gasteiger charge is 2.31. The van der Waals surface area contributed by atoms with Gasteiger partial charge in [-0.1, -0.05) is 48.2 Å². The maximum absolute atomic E-state index is 13.3. The molecule has 0 radical (unpaired) electrons. The van der Waals surface area contributed by atoms with Crippen molar-refractivity contribution in [3.63, 3.8) is 0 Å². The Bertz CT molecular complexity index is 1390. The molecule has 7 nitrogen and oxygen atoms in total. The number of benzene rings is 3. The van der Waals surface area contributed by atoms with Crippen molar-refractivity contribution in [2.75, 3.05) is 5.75 Å². The van der Waals surface area contributed by atoms with Gasteiger partial charge in [-0.15, -0.1) is 0 Å². The Morgan fingerprint density at radius 1 is 1.11 bits per heavy atom. The molecule has 3 aromatic carbocycles. The van der Waals surface area contributed by atoms with Crippen LogP contribution in [0.25, 0.3) is 16.7 Å². The summed E-state index contributed by atoms with van der Waals surface area (Å²) < 4.78 is 41.4. The molecule has 0 bridgehead atoms. The largest absolute Gasteiger partial charge is 0.416 e. The van der Waals surface area contributed by atoms with Crippen LogP contribution in [0.15, 0.2) is 78.0 Å². The molecule has 11 heteroatoms. The van der Waals surface area contributed by atoms with Gasteiger partial charge in [-0.25, -0.2) is 4.98 Å². The number of hydrogen-bond acceptors (Lipinski definition) is 5. The summed E-state index contributed by atoms with van der Waals surface area (Å²) in [6, 6.07) is 17.8. The molecule has 0 unspecified atom stereocenters. The first kappa shape index (κ1) is 24.3. The first-order valence-electron chi connectivity index (χ1n) is 10.4. The third-order valence-electron chi connectivity index (χ3n) is 5.26. The molecule has 1 N–H and O–H groups in total. The van der Waals surface area contributed by atoms with E-state index >= 15 is 0 Å². The van der Waals surface area contributed by atoms with Gasteiger partial charge in [0, 0.05) is 17.8 Å². The van der Waals surface area contributed by atoms with Gasteiger partial charge in [0.15, 0.2) is 5.16 Å². The lowest BCUT2D eigenvalue weighted by Crippen LogP contribution is -2.28. The van der Waals surface area contributed by atoms with E-state index in [0.717, 1.165) is 29.5 Å². The maximum atomic E-state index is 13.3. The number of nitro benzene ring substituents is 1. The fourth-order valence-corrected chi connectivity index (χ4v) is 4.41. The minimum Gasteiger partial charge on any atom is -0.349 e. The van der Waals surface area contributed by atoms with Gasteiger partial charge in [-0.2, -0.15) is 13.2 Å². The predicted octanol–water partition coefficient (Wildman–Crippen LogP) is 5.92. The molecular weight excluding hydrogens is 481 g/mol. The van der Waals surface area contributed by atoms with Gasteiger partial charge in [0.25, 0.3) is 5.69 Å². The van der Waals surface area contributed by atoms with Crippen LogP contribution in [0, 0.1) is 10.1 Å². The van der Waals surface area contributed by atoms with Crippen molar-refractivity contribution < 1.29 is 22.9 Å². The molecule has 4 rings (SSSR count). The molecule has 4 aromatic rings. The molecule has 0 spiro atoms. The smallest absolute Gasteiger partial charge is 0.349 e. The number of imidazole rings is 1. The summed E-state index contributed by atoms with van der Waals surface area (Å²) in [5.41, 5.74) is 0.681. The van der Waals surface area contributed by atoms with E-state index in [2.05, 4.69) is 10.3 Å². The van der Waals surface area contributed by atoms with Crippen LogP contribution in [0.2, 0.25) is 0 Å². The molecule has 180 valence electrons. The zero-order chi connectivity index (χ0) is 25.2. The van der Waals surface area contributed by atoms with Crippen LogP contribution < -0.4 is 5.32 Å². The van der Waals surface area contributed by atoms with Gasteiger partial charge < -0.3 is 5.32 Å². The molecule has 1 heterocycles. The Hall–Kier alpha value is -3.86. The molecule has 0 saturated heterocycles. The minimum atomic E-state index is -4.55. The van der Waals surface area contributed by atoms with Crippen LogP contribution in [0.3, 0.4) is 0 Å². The number of fused-ring (bicyclic) bond motifs is 1. The highest BCUT2D eigenvalue weighted by molar-refractivity contribution is 7.99. The van der Waals surface area contributed by atoms with Gasteiger partial charge in [-0.3, -0.25) is 19.5 Å². The summed E-state index contributed by atoms with van der Waals surface area (Å²) in [4.78, 5) is 27.6. The van der Waals surface area contributed by atoms with Gasteiger partial charge in [-0.05, 0) is 36.8 Å². The monoisotopic (exact) mass is 500 g/mol. The van der Waals surface area contributed by atoms with Gasteiger partial charge in [0.2, 0.25) is 5.91 Å². The average molecular weight is 501 g/mol. The molecule has 0 aliphatic heterocycles. The predicted molar refractivity (Wildman–Crippen MR) is 126 cm³/mol. The third-order valence-corrected chi connectivity index (χ3v) is 6.20. The topological polar surface area (TPSA) is 90.1 Å². The Morgan fingerprint density at radius 3 is 2.54 bits per heavy atom. The molecule has 0 fully saturated rings. The number of amides is 1. The summed E-state index contributed by atoms with van der Waals surface area (Å²) in [5, 5.41) is 14.3. The number of aromatic nitrogens is 2. The molecule has 1 amide bonds. The van der Waals surface area contributed by atoms with Crippen LogP contribution in [0.4, 0.5) is 18.9 Å². The molecule has 1 atom stereocenters. The van der Waals surface area contributed by atoms with Crippen LogP contribution >= 0.6 is 11.8 Å². The molecule has 35 heavy (non-hydrogen) atoms. The lowest BCUT2D eigenvalue weighted by Gasteiger charge is -2.15. The minimum absolute atomic E-state index is 0.0540. The van der Waals surface area contributed by atoms with Crippen LogP contribution in [-0.4, -0.2) is 26.1 Å². The van der Waals surface area contributed by atoms with Crippen LogP contribution in [-0.2, 0) is 11.0 Å². The Balaban J connectivity index is 1.66. The van der Waals surface area contributed by atoms with Crippen molar-refractivity contribution in [1.82, 2.24) is 14.9 Å². The Labute approximate surface area is 202 Å². The maximum Gasteiger partial charge on any atom is 0.416 e. The lowest BCUT2D eigenvalue weighted by molar-refractivity contribution is -0.384. The van der Waals surface area contributed by atoms with Crippen molar-refractivity contribution >= 4 is 34.4 Å². The van der Waals surface area contributed by atoms with E-state index in [4.69, 9.17) is 0 Å². The Morgan fingerprint density at radius 2 is 1.86 bits per heavy atom. The number of nitrogens with one attached hydrogen (secondary N) is 1. The fraction of sp³-hybridized carbons (Fsp3) is 0.167. The fourth-order valence-electron chi connectivity index (χ4n) is 3.57. The second kappa shape index (κ2) is 9.79. The molecule has 1 aromatic heterocycles. The van der Waals surface area contributed by atoms with Crippen molar-refractivity contribution in [1.29, 1.82) is 0 Å². The standard InChI is InChI=1S/C24H19F3N4O3S/c1-15(16-6-3-2-4-7-16)28-22(32)14-35-23-29-20-13-19(31(33)34)10-11-21(20)30(23)18-9-5-8-17(12-18)24(25,26)27/h2-13,15H,14H2,1H3,(H,28,32)/t15-/m1/s1. The summed E-state index contributed by atoms with van der Waals surface area (Å²) in [5.74, 6) is -0.346. The normalized spacial score (nSPS) is 12.5. The lowest BCUT2D eigenvalue weighted by atomic mass is 10.1. The first-order valence-corrected chi connectivity index (χ1v) is 11.4. The van der Waals surface area contributed by atoms with Crippen LogP contribution in [0.5, 0.6) is 0 Å². The average Bonchev–Trinajstić information content (AvgIpc) is 3.20. The van der Waals surface area contributed by atoms with E-state index in [1.807, 2.05) is 37.3 Å². The number of halogens is 3. The number of hydrogen-bond donors (Lipinski definition) is 1. The number of nitrogens with zero attached hydrogens (tertiary/aromatic N) is 3. The highest BCUT2D eigenvalue weighted by Crippen LogP contribution is 2.34. The zero-order valence-electron chi connectivity index (χ0n) is 18.3. The van der Waals surface area contributed by atoms with Crippen molar-refractivity contribution in [3.05, 3.63) is 94.0 Å². The summed E-state index contributed by atoms with van der Waals surface area (Å²) in [6.07, 6.45) is -4.55. The molecule has 0 saturated carbocycles. The SMILES string of the molecule is C[C@@H](NC(=O)CSc1nc2cc([N+](=O)[O-])ccc2n1-c1cccc(C(F)(F)F)c1)c1ccccc1. The van der Waals surface area contributed by atoms with E-state index in [1.54, 1.807) is 0 Å². The summed E-state index contributed by atoms with van der Waals surface area (Å²) >= 11 is 1.03. The summed E-state index contributed by atoms with van der Waals surface area (Å²) in [6.45, 7) is 1.84. The number of carbonyl (C=O) groups excluding carboxylic acids is 1. The number of alkyl halides is 3. The van der Waals surface area contributed by atoms with E-state index in [9.17, 15) is 28.1 Å². The number of rotatable bonds is 7. The van der Waals surface area contributed by atoms with Crippen LogP contribution in [0.1, 0.15) is 24.1 Å². The second-order valence-electron chi connectivity index (χ2n) is 7.70. The van der Waals surface area contributed by atoms with Gasteiger partial charge in [0.1, 0.15) is 0 Å². The van der Waals surface area contributed by atoms with Gasteiger partial charge in [0.05, 0.1) is 33.3 Å². The van der Waals surface area contributed by atoms with E-state index in [-0.39, 0.29) is 39.7 Å². The number of non-ortho nitro benzene ring substituents is 1. The zero-order valence-corrected chi connectivity index (χ0v) is 19.1. The van der Waals surface area contributed by atoms with Crippen molar-refractivity contribution in [3.8, 4) is 5.69 Å². The van der Waals surface area contributed by atoms with E-state index in [0.29, 0.717) is 5.52 Å². The molecule has 0 aliphatic carbocycles. The quantitative estimate of drug-likeness (QED) is 0.193. The van der Waals surface area contributed by atoms with Crippen molar-refractivity contribution in [2.24, 2.45) is 0 Å². The highest BCUT2D eigenvalue weighted by atomic mass is 32.2. The third kappa shape index (κ3) is 5.46. The molecular formula is C24H19F3N4O3S. The van der Waals surface area contributed by atoms with Crippen molar-refractivity contribution in [2.45, 2.75) is 24.3 Å². The van der Waals surface area contributed by atoms with E-state index in [1.165, 1.54) is 34.9 Å². The summed E-state index contributed by atoms with van der Waals surface area (Å²) in [7, 11) is 0. The molecule has 0 aliphatic rings. The Kier molecular flexibility index (Phi) is 6.79. The number of nitro groups is 1. The first-order chi connectivity index (χ1) is 16.6. The second-order valence-corrected chi connectivity index (χ2v) is 8.64. The van der Waals surface area contributed by atoms with Gasteiger partial charge >= 0.3 is 6.18 Å². The number of carbonyl (C=O) groups is 1. The van der Waals surface area contributed by atoms with E-state index < -0.39 is 16.7 Å². The number of thioether (sulfide) groups is 1.